The number of amides is 2. The summed E-state index contributed by atoms with van der Waals surface area (Å²) in [5.74, 6) is -0.462. The quantitative estimate of drug-likeness (QED) is 0.601. The van der Waals surface area contributed by atoms with Crippen LogP contribution < -0.4 is 15.0 Å². The summed E-state index contributed by atoms with van der Waals surface area (Å²) in [6.45, 7) is 2.16. The van der Waals surface area contributed by atoms with Crippen molar-refractivity contribution < 1.29 is 22.7 Å². The fourth-order valence-electron chi connectivity index (χ4n) is 4.45. The average molecular weight is 481 g/mol. The highest BCUT2D eigenvalue weighted by Crippen LogP contribution is 2.34. The summed E-state index contributed by atoms with van der Waals surface area (Å²) >= 11 is 0. The molecular weight excluding hydrogens is 456 g/mol. The number of ether oxygens (including phenoxy) is 1. The van der Waals surface area contributed by atoms with E-state index in [1.54, 1.807) is 41.0 Å². The second-order valence-electron chi connectivity index (χ2n) is 8.65. The van der Waals surface area contributed by atoms with Gasteiger partial charge in [0.05, 0.1) is 35.9 Å². The molecule has 10 heteroatoms. The number of anilines is 2. The van der Waals surface area contributed by atoms with Gasteiger partial charge >= 0.3 is 0 Å². The van der Waals surface area contributed by atoms with Crippen LogP contribution in [0.2, 0.25) is 0 Å². The normalized spacial score (nSPS) is 18.7. The summed E-state index contributed by atoms with van der Waals surface area (Å²) < 4.78 is 31.3. The molecule has 3 heterocycles. The molecule has 1 atom stereocenters. The van der Waals surface area contributed by atoms with Gasteiger partial charge in [0.1, 0.15) is 11.6 Å². The van der Waals surface area contributed by atoms with Gasteiger partial charge in [-0.1, -0.05) is 18.2 Å². The van der Waals surface area contributed by atoms with E-state index in [1.165, 1.54) is 0 Å². The van der Waals surface area contributed by atoms with Crippen molar-refractivity contribution in [3.05, 3.63) is 65.4 Å². The van der Waals surface area contributed by atoms with E-state index in [2.05, 4.69) is 10.4 Å². The Hall–Kier alpha value is -3.66. The predicted octanol–water partition coefficient (Wildman–Crippen LogP) is 2.61. The lowest BCUT2D eigenvalue weighted by molar-refractivity contribution is -0.122. The molecular formula is C24H24N4O5S. The van der Waals surface area contributed by atoms with E-state index >= 15 is 0 Å². The number of aromatic nitrogens is 2. The van der Waals surface area contributed by atoms with Crippen LogP contribution in [-0.4, -0.2) is 43.7 Å². The molecule has 1 unspecified atom stereocenters. The van der Waals surface area contributed by atoms with E-state index in [0.29, 0.717) is 28.5 Å². The zero-order chi connectivity index (χ0) is 24.0. The van der Waals surface area contributed by atoms with Crippen LogP contribution in [0, 0.1) is 12.8 Å². The highest BCUT2D eigenvalue weighted by molar-refractivity contribution is 7.90. The van der Waals surface area contributed by atoms with Gasteiger partial charge in [-0.15, -0.1) is 0 Å². The number of fused-ring (bicyclic) bond motifs is 1. The van der Waals surface area contributed by atoms with E-state index in [-0.39, 0.29) is 36.3 Å². The Labute approximate surface area is 197 Å². The highest BCUT2D eigenvalue weighted by Gasteiger charge is 2.38. The summed E-state index contributed by atoms with van der Waals surface area (Å²) in [7, 11) is -1.76. The standard InChI is InChI=1S/C24H24N4O5S/c1-15-5-3-7-18(9-15)28-23(20-13-34(31,32)14-21(20)26-28)25-24(30)16-10-22(29)27(12-16)17-6-4-8-19(11-17)33-2/h3-9,11,16H,10,12-14H2,1-2H3,(H,25,30). The number of hydrogen-bond acceptors (Lipinski definition) is 6. The topological polar surface area (TPSA) is 111 Å². The fraction of sp³-hybridized carbons (Fsp3) is 0.292. The molecule has 176 valence electrons. The maximum atomic E-state index is 13.3. The first-order valence-electron chi connectivity index (χ1n) is 10.9. The minimum absolute atomic E-state index is 0.0577. The maximum absolute atomic E-state index is 13.3. The Kier molecular flexibility index (Phi) is 5.40. The van der Waals surface area contributed by atoms with Gasteiger partial charge in [-0.3, -0.25) is 9.59 Å². The lowest BCUT2D eigenvalue weighted by atomic mass is 10.1. The van der Waals surface area contributed by atoms with Crippen LogP contribution in [0.4, 0.5) is 11.5 Å². The number of carbonyl (C=O) groups excluding carboxylic acids is 2. The smallest absolute Gasteiger partial charge is 0.230 e. The van der Waals surface area contributed by atoms with Gasteiger partial charge in [-0.05, 0) is 36.8 Å². The number of benzene rings is 2. The third-order valence-electron chi connectivity index (χ3n) is 6.14. The monoisotopic (exact) mass is 480 g/mol. The minimum Gasteiger partial charge on any atom is -0.497 e. The Morgan fingerprint density at radius 3 is 2.65 bits per heavy atom. The molecule has 0 aliphatic carbocycles. The third kappa shape index (κ3) is 4.05. The van der Waals surface area contributed by atoms with Gasteiger partial charge in [0, 0.05) is 30.3 Å². The van der Waals surface area contributed by atoms with Crippen molar-refractivity contribution in [1.29, 1.82) is 0 Å². The summed E-state index contributed by atoms with van der Waals surface area (Å²) in [6.07, 6.45) is 0.0577. The molecule has 2 aliphatic rings. The molecule has 0 spiro atoms. The molecule has 2 aromatic carbocycles. The van der Waals surface area contributed by atoms with E-state index in [1.807, 2.05) is 31.2 Å². The minimum atomic E-state index is -3.31. The number of sulfone groups is 1. The van der Waals surface area contributed by atoms with Crippen molar-refractivity contribution in [3.8, 4) is 11.4 Å². The number of methoxy groups -OCH3 is 1. The van der Waals surface area contributed by atoms with Gasteiger partial charge in [0.2, 0.25) is 11.8 Å². The Morgan fingerprint density at radius 1 is 1.12 bits per heavy atom. The van der Waals surface area contributed by atoms with Crippen molar-refractivity contribution in [3.63, 3.8) is 0 Å². The molecule has 2 aliphatic heterocycles. The lowest BCUT2D eigenvalue weighted by Crippen LogP contribution is -2.29. The molecule has 1 N–H and O–H groups in total. The van der Waals surface area contributed by atoms with E-state index in [9.17, 15) is 18.0 Å². The summed E-state index contributed by atoms with van der Waals surface area (Å²) in [6, 6.07) is 14.7. The number of carbonyl (C=O) groups is 2. The van der Waals surface area contributed by atoms with Crippen LogP contribution in [0.3, 0.4) is 0 Å². The Bertz CT molecular complexity index is 1410. The third-order valence-corrected chi connectivity index (χ3v) is 7.58. The zero-order valence-corrected chi connectivity index (χ0v) is 19.6. The van der Waals surface area contributed by atoms with Gasteiger partial charge in [-0.25, -0.2) is 13.1 Å². The first-order chi connectivity index (χ1) is 16.2. The van der Waals surface area contributed by atoms with Gasteiger partial charge in [-0.2, -0.15) is 5.10 Å². The number of hydrogen-bond donors (Lipinski definition) is 1. The molecule has 5 rings (SSSR count). The van der Waals surface area contributed by atoms with Crippen molar-refractivity contribution in [2.45, 2.75) is 24.9 Å². The van der Waals surface area contributed by atoms with E-state index in [4.69, 9.17) is 4.74 Å². The van der Waals surface area contributed by atoms with Crippen molar-refractivity contribution >= 4 is 33.2 Å². The Balaban J connectivity index is 1.43. The largest absolute Gasteiger partial charge is 0.497 e. The molecule has 1 fully saturated rings. The average Bonchev–Trinajstić information content (AvgIpc) is 3.44. The van der Waals surface area contributed by atoms with Crippen LogP contribution >= 0.6 is 0 Å². The fourth-order valence-corrected chi connectivity index (χ4v) is 5.94. The second-order valence-corrected chi connectivity index (χ2v) is 10.7. The number of rotatable bonds is 5. The predicted molar refractivity (Wildman–Crippen MR) is 127 cm³/mol. The van der Waals surface area contributed by atoms with Crippen molar-refractivity contribution in [2.24, 2.45) is 5.92 Å². The lowest BCUT2D eigenvalue weighted by Gasteiger charge is -2.18. The maximum Gasteiger partial charge on any atom is 0.230 e. The van der Waals surface area contributed by atoms with Crippen LogP contribution in [0.25, 0.3) is 5.69 Å². The summed E-state index contributed by atoms with van der Waals surface area (Å²) in [5, 5.41) is 7.40. The molecule has 1 aromatic heterocycles. The van der Waals surface area contributed by atoms with Crippen LogP contribution in [0.5, 0.6) is 5.75 Å². The van der Waals surface area contributed by atoms with Crippen LogP contribution in [-0.2, 0) is 30.9 Å². The van der Waals surface area contributed by atoms with Gasteiger partial charge < -0.3 is 15.0 Å². The highest BCUT2D eigenvalue weighted by atomic mass is 32.2. The first kappa shape index (κ1) is 22.1. The molecule has 0 bridgehead atoms. The molecule has 0 saturated carbocycles. The van der Waals surface area contributed by atoms with Gasteiger partial charge in [0.15, 0.2) is 9.84 Å². The van der Waals surface area contributed by atoms with Crippen LogP contribution in [0.15, 0.2) is 48.5 Å². The second kappa shape index (κ2) is 8.28. The molecule has 0 radical (unpaired) electrons. The van der Waals surface area contributed by atoms with E-state index < -0.39 is 15.8 Å². The van der Waals surface area contributed by atoms with E-state index in [0.717, 1.165) is 11.3 Å². The number of nitrogens with one attached hydrogen (secondary N) is 1. The molecule has 9 nitrogen and oxygen atoms in total. The summed E-state index contributed by atoms with van der Waals surface area (Å²) in [5.41, 5.74) is 3.34. The van der Waals surface area contributed by atoms with Crippen LogP contribution in [0.1, 0.15) is 23.2 Å². The molecule has 3 aromatic rings. The SMILES string of the molecule is COc1cccc(N2CC(C(=O)Nc3c4c(nn3-c3cccc(C)c3)CS(=O)(=O)C4)CC2=O)c1. The molecule has 34 heavy (non-hydrogen) atoms. The van der Waals surface area contributed by atoms with Crippen molar-refractivity contribution in [1.82, 2.24) is 9.78 Å². The van der Waals surface area contributed by atoms with Gasteiger partial charge in [0.25, 0.3) is 0 Å². The number of nitrogens with zero attached hydrogens (tertiary/aromatic N) is 3. The Morgan fingerprint density at radius 2 is 1.88 bits per heavy atom. The van der Waals surface area contributed by atoms with Crippen molar-refractivity contribution in [2.75, 3.05) is 23.9 Å². The molecule has 1 saturated heterocycles. The first-order valence-corrected chi connectivity index (χ1v) is 12.7. The summed E-state index contributed by atoms with van der Waals surface area (Å²) in [4.78, 5) is 27.5. The molecule has 2 amide bonds. The number of aryl methyl sites for hydroxylation is 1. The zero-order valence-electron chi connectivity index (χ0n) is 18.8.